The van der Waals surface area contributed by atoms with Crippen LogP contribution in [-0.2, 0) is 29.0 Å². The molecular formula is C38H41N5O5S. The number of para-hydroxylation sites is 1. The number of piperidine rings is 1. The summed E-state index contributed by atoms with van der Waals surface area (Å²) in [5, 5.41) is 19.3. The molecule has 1 aliphatic rings. The van der Waals surface area contributed by atoms with Gasteiger partial charge in [-0.1, -0.05) is 90.2 Å². The van der Waals surface area contributed by atoms with Crippen LogP contribution in [0.15, 0.2) is 95.8 Å². The number of carbonyl (C=O) groups is 2. The first-order valence-electron chi connectivity index (χ1n) is 16.6. The Labute approximate surface area is 289 Å². The lowest BCUT2D eigenvalue weighted by Crippen LogP contribution is -2.40. The number of nitrogens with zero attached hydrogens (tertiary/aromatic N) is 1. The molecule has 0 aliphatic carbocycles. The molecular weight excluding hydrogens is 639 g/mol. The number of ether oxygens (including phenoxy) is 1. The average Bonchev–Trinajstić information content (AvgIpc) is 3.53. The highest BCUT2D eigenvalue weighted by molar-refractivity contribution is 7.16. The summed E-state index contributed by atoms with van der Waals surface area (Å²) in [6.07, 6.45) is 2.01. The largest absolute Gasteiger partial charge is 0.506 e. The van der Waals surface area contributed by atoms with Crippen molar-refractivity contribution in [3.63, 3.8) is 0 Å². The van der Waals surface area contributed by atoms with Crippen LogP contribution in [0.1, 0.15) is 36.0 Å². The van der Waals surface area contributed by atoms with E-state index in [1.807, 2.05) is 72.8 Å². The number of rotatable bonds is 13. The lowest BCUT2D eigenvalue weighted by Gasteiger charge is -2.31. The van der Waals surface area contributed by atoms with E-state index in [4.69, 9.17) is 4.74 Å². The van der Waals surface area contributed by atoms with Crippen molar-refractivity contribution in [2.24, 2.45) is 0 Å². The molecule has 49 heavy (non-hydrogen) atoms. The van der Waals surface area contributed by atoms with Crippen LogP contribution in [0.5, 0.6) is 5.75 Å². The molecule has 1 aromatic heterocycles. The third kappa shape index (κ3) is 9.35. The number of aromatic nitrogens is 1. The van der Waals surface area contributed by atoms with Gasteiger partial charge in [-0.15, -0.1) is 0 Å². The van der Waals surface area contributed by atoms with Crippen LogP contribution >= 0.6 is 11.3 Å². The molecule has 0 bridgehead atoms. The first kappa shape index (κ1) is 33.9. The van der Waals surface area contributed by atoms with Crippen molar-refractivity contribution in [1.29, 1.82) is 0 Å². The molecule has 5 aromatic rings. The Morgan fingerprint density at radius 1 is 0.898 bits per heavy atom. The van der Waals surface area contributed by atoms with Gasteiger partial charge in [-0.25, -0.2) is 4.79 Å². The number of carbonyl (C=O) groups excluding carboxylic acids is 2. The normalized spacial score (nSPS) is 13.7. The summed E-state index contributed by atoms with van der Waals surface area (Å²) in [5.74, 6) is 0.102. The second-order valence-corrected chi connectivity index (χ2v) is 13.2. The Balaban J connectivity index is 0.850. The van der Waals surface area contributed by atoms with E-state index in [2.05, 4.69) is 38.0 Å². The highest BCUT2D eigenvalue weighted by atomic mass is 32.1. The maximum atomic E-state index is 12.7. The molecule has 11 heteroatoms. The first-order valence-corrected chi connectivity index (χ1v) is 17.5. The fraction of sp³-hybridized carbons (Fsp3) is 0.289. The molecule has 6 rings (SSSR count). The van der Waals surface area contributed by atoms with Gasteiger partial charge in [0.25, 0.3) is 0 Å². The van der Waals surface area contributed by atoms with Crippen molar-refractivity contribution in [2.45, 2.75) is 44.9 Å². The van der Waals surface area contributed by atoms with E-state index >= 15 is 0 Å². The standard InChI is InChI=1S/C38H41N5O5S/c44-33-15-14-29(36-35(33)42-38(47)49-36)16-20-39-24-26-10-12-27(13-11-26)25-40-34(45)19-23-43-21-17-30(18-22-43)48-37(46)41-32-9-5-4-8-31(32)28-6-2-1-3-7-28/h1-15,30,39,44H,16-25H2,(H,40,45)(H,41,46)(H,42,47). The van der Waals surface area contributed by atoms with Crippen LogP contribution < -0.4 is 20.8 Å². The van der Waals surface area contributed by atoms with Crippen molar-refractivity contribution >= 4 is 39.2 Å². The Hall–Kier alpha value is -4.97. The highest BCUT2D eigenvalue weighted by Gasteiger charge is 2.23. The number of aromatic hydroxyl groups is 1. The molecule has 1 aliphatic heterocycles. The number of hydrogen-bond acceptors (Lipinski definition) is 8. The van der Waals surface area contributed by atoms with Gasteiger partial charge in [-0.05, 0) is 60.2 Å². The van der Waals surface area contributed by atoms with Crippen molar-refractivity contribution in [2.75, 3.05) is 31.5 Å². The summed E-state index contributed by atoms with van der Waals surface area (Å²) in [4.78, 5) is 41.8. The molecule has 1 fully saturated rings. The molecule has 0 radical (unpaired) electrons. The molecule has 2 heterocycles. The van der Waals surface area contributed by atoms with Gasteiger partial charge >= 0.3 is 11.0 Å². The van der Waals surface area contributed by atoms with E-state index in [9.17, 15) is 19.5 Å². The van der Waals surface area contributed by atoms with Gasteiger partial charge in [0.05, 0.1) is 10.4 Å². The van der Waals surface area contributed by atoms with Gasteiger partial charge in [0.2, 0.25) is 5.91 Å². The fourth-order valence-corrected chi connectivity index (χ4v) is 6.95. The zero-order valence-electron chi connectivity index (χ0n) is 27.2. The van der Waals surface area contributed by atoms with E-state index in [0.717, 1.165) is 82.8 Å². The van der Waals surface area contributed by atoms with Crippen LogP contribution in [0.2, 0.25) is 0 Å². The second kappa shape index (κ2) is 16.4. The summed E-state index contributed by atoms with van der Waals surface area (Å²) in [6, 6.07) is 29.3. The SMILES string of the molecule is O=C(CCN1CCC(OC(=O)Nc2ccccc2-c2ccccc2)CC1)NCc1ccc(CNCCc2ccc(O)c3[nH]c(=O)sc23)cc1. The number of amides is 2. The lowest BCUT2D eigenvalue weighted by atomic mass is 10.0. The van der Waals surface area contributed by atoms with Crippen molar-refractivity contribution in [1.82, 2.24) is 20.5 Å². The molecule has 4 aromatic carbocycles. The minimum absolute atomic E-state index is 0.0105. The minimum Gasteiger partial charge on any atom is -0.506 e. The predicted octanol–water partition coefficient (Wildman–Crippen LogP) is 6.01. The summed E-state index contributed by atoms with van der Waals surface area (Å²) in [6.45, 7) is 4.11. The molecule has 2 amide bonds. The number of hydrogen-bond donors (Lipinski definition) is 5. The molecule has 0 spiro atoms. The highest BCUT2D eigenvalue weighted by Crippen LogP contribution is 2.29. The summed E-state index contributed by atoms with van der Waals surface area (Å²) >= 11 is 1.12. The van der Waals surface area contributed by atoms with Crippen molar-refractivity contribution in [3.8, 4) is 16.9 Å². The summed E-state index contributed by atoms with van der Waals surface area (Å²) in [7, 11) is 0. The third-order valence-corrected chi connectivity index (χ3v) is 9.72. The van der Waals surface area contributed by atoms with Crippen LogP contribution in [0.25, 0.3) is 21.3 Å². The molecule has 254 valence electrons. The topological polar surface area (TPSA) is 136 Å². The maximum Gasteiger partial charge on any atom is 0.411 e. The molecule has 0 unspecified atom stereocenters. The monoisotopic (exact) mass is 679 g/mol. The molecule has 0 atom stereocenters. The predicted molar refractivity (Wildman–Crippen MR) is 194 cm³/mol. The van der Waals surface area contributed by atoms with E-state index in [1.165, 1.54) is 0 Å². The van der Waals surface area contributed by atoms with E-state index in [-0.39, 0.29) is 22.6 Å². The number of aromatic amines is 1. The molecule has 10 nitrogen and oxygen atoms in total. The van der Waals surface area contributed by atoms with Gasteiger partial charge < -0.3 is 30.4 Å². The average molecular weight is 680 g/mol. The van der Waals surface area contributed by atoms with Crippen LogP contribution in [0.4, 0.5) is 10.5 Å². The molecule has 0 saturated carbocycles. The van der Waals surface area contributed by atoms with Crippen molar-refractivity contribution in [3.05, 3.63) is 117 Å². The maximum absolute atomic E-state index is 12.7. The van der Waals surface area contributed by atoms with E-state index in [1.54, 1.807) is 6.07 Å². The van der Waals surface area contributed by atoms with Crippen LogP contribution in [0.3, 0.4) is 0 Å². The van der Waals surface area contributed by atoms with Crippen LogP contribution in [-0.4, -0.2) is 59.3 Å². The molecule has 5 N–H and O–H groups in total. The Kier molecular flexibility index (Phi) is 11.4. The Morgan fingerprint density at radius 2 is 1.61 bits per heavy atom. The quantitative estimate of drug-likeness (QED) is 0.0962. The zero-order valence-corrected chi connectivity index (χ0v) is 28.1. The smallest absolute Gasteiger partial charge is 0.411 e. The van der Waals surface area contributed by atoms with Gasteiger partial charge in [-0.3, -0.25) is 14.9 Å². The fourth-order valence-electron chi connectivity index (χ4n) is 6.05. The minimum atomic E-state index is -0.449. The number of nitrogens with one attached hydrogen (secondary N) is 4. The Bertz CT molecular complexity index is 1920. The number of likely N-dealkylation sites (tertiary alicyclic amines) is 1. The molecule has 1 saturated heterocycles. The number of phenols is 1. The zero-order chi connectivity index (χ0) is 34.0. The second-order valence-electron chi connectivity index (χ2n) is 12.2. The third-order valence-electron chi connectivity index (χ3n) is 8.76. The number of anilines is 1. The lowest BCUT2D eigenvalue weighted by molar-refractivity contribution is -0.121. The van der Waals surface area contributed by atoms with Gasteiger partial charge in [0.1, 0.15) is 17.4 Å². The van der Waals surface area contributed by atoms with Gasteiger partial charge in [0, 0.05) is 44.7 Å². The van der Waals surface area contributed by atoms with E-state index < -0.39 is 6.09 Å². The van der Waals surface area contributed by atoms with Crippen molar-refractivity contribution < 1.29 is 19.4 Å². The van der Waals surface area contributed by atoms with Crippen LogP contribution in [0, 0.1) is 0 Å². The first-order chi connectivity index (χ1) is 23.9. The van der Waals surface area contributed by atoms with Gasteiger partial charge in [0.15, 0.2) is 0 Å². The Morgan fingerprint density at radius 3 is 2.39 bits per heavy atom. The number of thiazole rings is 1. The summed E-state index contributed by atoms with van der Waals surface area (Å²) in [5.41, 5.74) is 6.39. The van der Waals surface area contributed by atoms with E-state index in [0.29, 0.717) is 37.3 Å². The summed E-state index contributed by atoms with van der Waals surface area (Å²) < 4.78 is 6.54. The van der Waals surface area contributed by atoms with Gasteiger partial charge in [-0.2, -0.15) is 0 Å². The number of benzene rings is 4. The number of H-pyrrole nitrogens is 1. The number of fused-ring (bicyclic) bond motifs is 1. The number of phenolic OH excluding ortho intramolecular Hbond substituents is 1.